The van der Waals surface area contributed by atoms with Crippen molar-refractivity contribution in [3.8, 4) is 0 Å². The van der Waals surface area contributed by atoms with Crippen LogP contribution in [0.15, 0.2) is 12.7 Å². The van der Waals surface area contributed by atoms with Gasteiger partial charge in [-0.3, -0.25) is 0 Å². The number of ether oxygens (including phenoxy) is 1. The van der Waals surface area contributed by atoms with E-state index >= 15 is 0 Å². The molecule has 2 saturated heterocycles. The molecule has 0 amide bonds. The summed E-state index contributed by atoms with van der Waals surface area (Å²) in [5.74, 6) is 0. The van der Waals surface area contributed by atoms with Gasteiger partial charge in [0.25, 0.3) is 0 Å². The van der Waals surface area contributed by atoms with E-state index in [2.05, 4.69) is 19.6 Å². The molecule has 0 aliphatic carbocycles. The summed E-state index contributed by atoms with van der Waals surface area (Å²) >= 11 is 0. The van der Waals surface area contributed by atoms with E-state index in [1.807, 2.05) is 0 Å². The van der Waals surface area contributed by atoms with E-state index in [9.17, 15) is 0 Å². The molecular weight excluding hydrogens is 124 g/mol. The smallest absolute Gasteiger partial charge is 0.0668 e. The normalized spacial score (nSPS) is 51.7. The van der Waals surface area contributed by atoms with Gasteiger partial charge in [-0.25, -0.2) is 0 Å². The summed E-state index contributed by atoms with van der Waals surface area (Å²) in [5.41, 5.74) is 0.295. The molecule has 0 spiro atoms. The van der Waals surface area contributed by atoms with Crippen LogP contribution in [0, 0.1) is 5.41 Å². The molecule has 2 rings (SSSR count). The topological polar surface area (TPSA) is 9.23 Å². The van der Waals surface area contributed by atoms with Gasteiger partial charge in [0.05, 0.1) is 12.2 Å². The second-order valence-corrected chi connectivity index (χ2v) is 3.74. The Bertz CT molecular complexity index is 164. The van der Waals surface area contributed by atoms with Crippen molar-refractivity contribution in [3.05, 3.63) is 12.7 Å². The van der Waals surface area contributed by atoms with E-state index < -0.39 is 0 Å². The van der Waals surface area contributed by atoms with E-state index in [1.54, 1.807) is 0 Å². The van der Waals surface area contributed by atoms with Crippen molar-refractivity contribution in [2.45, 2.75) is 38.4 Å². The van der Waals surface area contributed by atoms with Crippen molar-refractivity contribution in [2.75, 3.05) is 0 Å². The van der Waals surface area contributed by atoms with Gasteiger partial charge in [0, 0.05) is 5.41 Å². The van der Waals surface area contributed by atoms with Crippen molar-refractivity contribution < 1.29 is 4.74 Å². The lowest BCUT2D eigenvalue weighted by molar-refractivity contribution is 0.0815. The van der Waals surface area contributed by atoms with Gasteiger partial charge in [0.2, 0.25) is 0 Å². The summed E-state index contributed by atoms with van der Waals surface area (Å²) in [6, 6.07) is 0. The molecule has 1 nitrogen and oxygen atoms in total. The molecule has 2 fully saturated rings. The lowest BCUT2D eigenvalue weighted by Crippen LogP contribution is -2.26. The molecule has 10 heavy (non-hydrogen) atoms. The molecule has 2 bridgehead atoms. The van der Waals surface area contributed by atoms with Crippen LogP contribution < -0.4 is 0 Å². The lowest BCUT2D eigenvalue weighted by Gasteiger charge is -2.26. The second kappa shape index (κ2) is 1.85. The zero-order valence-corrected chi connectivity index (χ0v) is 6.47. The zero-order chi connectivity index (χ0) is 7.19. The van der Waals surface area contributed by atoms with Crippen LogP contribution >= 0.6 is 0 Å². The molecule has 0 aromatic heterocycles. The predicted molar refractivity (Wildman–Crippen MR) is 40.8 cm³/mol. The van der Waals surface area contributed by atoms with Crippen molar-refractivity contribution >= 4 is 0 Å². The first-order valence-electron chi connectivity index (χ1n) is 4.04. The van der Waals surface area contributed by atoms with Crippen LogP contribution in [0.25, 0.3) is 0 Å². The van der Waals surface area contributed by atoms with E-state index in [-0.39, 0.29) is 0 Å². The SMILES string of the molecule is C=CC1(C)CC2CCC1O2. The maximum atomic E-state index is 5.71. The number of rotatable bonds is 1. The van der Waals surface area contributed by atoms with Crippen LogP contribution in [0.3, 0.4) is 0 Å². The molecule has 1 heteroatoms. The van der Waals surface area contributed by atoms with E-state index in [1.165, 1.54) is 19.3 Å². The lowest BCUT2D eigenvalue weighted by atomic mass is 9.76. The van der Waals surface area contributed by atoms with Crippen LogP contribution in [0.5, 0.6) is 0 Å². The highest BCUT2D eigenvalue weighted by molar-refractivity contribution is 5.06. The molecule has 2 aliphatic rings. The van der Waals surface area contributed by atoms with Gasteiger partial charge < -0.3 is 4.74 Å². The molecule has 3 unspecified atom stereocenters. The third-order valence-electron chi connectivity index (χ3n) is 2.98. The van der Waals surface area contributed by atoms with Crippen molar-refractivity contribution in [2.24, 2.45) is 5.41 Å². The number of fused-ring (bicyclic) bond motifs is 2. The summed E-state index contributed by atoms with van der Waals surface area (Å²) in [6.07, 6.45) is 6.81. The van der Waals surface area contributed by atoms with Gasteiger partial charge in [0.15, 0.2) is 0 Å². The predicted octanol–water partition coefficient (Wildman–Crippen LogP) is 2.13. The maximum Gasteiger partial charge on any atom is 0.0668 e. The van der Waals surface area contributed by atoms with Gasteiger partial charge in [0.1, 0.15) is 0 Å². The highest BCUT2D eigenvalue weighted by Gasteiger charge is 2.47. The first kappa shape index (κ1) is 6.41. The summed E-state index contributed by atoms with van der Waals surface area (Å²) < 4.78 is 5.71. The molecule has 0 aromatic carbocycles. The van der Waals surface area contributed by atoms with Crippen LogP contribution in [-0.4, -0.2) is 12.2 Å². The molecule has 56 valence electrons. The Hall–Kier alpha value is -0.300. The van der Waals surface area contributed by atoms with Gasteiger partial charge >= 0.3 is 0 Å². The Balaban J connectivity index is 2.21. The van der Waals surface area contributed by atoms with Gasteiger partial charge in [-0.1, -0.05) is 13.0 Å². The van der Waals surface area contributed by atoms with Gasteiger partial charge in [-0.2, -0.15) is 0 Å². The molecule has 0 aromatic rings. The number of hydrogen-bond acceptors (Lipinski definition) is 1. The molecule has 0 saturated carbocycles. The molecule has 3 atom stereocenters. The molecule has 0 N–H and O–H groups in total. The van der Waals surface area contributed by atoms with E-state index in [4.69, 9.17) is 4.74 Å². The average Bonchev–Trinajstić information content (AvgIpc) is 2.46. The van der Waals surface area contributed by atoms with Crippen LogP contribution in [0.4, 0.5) is 0 Å². The third-order valence-corrected chi connectivity index (χ3v) is 2.98. The fraction of sp³-hybridized carbons (Fsp3) is 0.778. The Morgan fingerprint density at radius 1 is 1.60 bits per heavy atom. The molecule has 0 radical (unpaired) electrons. The van der Waals surface area contributed by atoms with Crippen molar-refractivity contribution in [3.63, 3.8) is 0 Å². The standard InChI is InChI=1S/C9H14O/c1-3-9(2)6-7-4-5-8(9)10-7/h3,7-8H,1,4-6H2,2H3. The minimum absolute atomic E-state index is 0.295. The quantitative estimate of drug-likeness (QED) is 0.504. The van der Waals surface area contributed by atoms with Crippen LogP contribution in [0.2, 0.25) is 0 Å². The fourth-order valence-electron chi connectivity index (χ4n) is 2.18. The van der Waals surface area contributed by atoms with Crippen molar-refractivity contribution in [1.29, 1.82) is 0 Å². The van der Waals surface area contributed by atoms with E-state index in [0.717, 1.165) is 0 Å². The largest absolute Gasteiger partial charge is 0.374 e. The summed E-state index contributed by atoms with van der Waals surface area (Å²) in [4.78, 5) is 0. The molecule has 2 aliphatic heterocycles. The summed E-state index contributed by atoms with van der Waals surface area (Å²) in [7, 11) is 0. The third kappa shape index (κ3) is 0.671. The minimum Gasteiger partial charge on any atom is -0.374 e. The van der Waals surface area contributed by atoms with Crippen LogP contribution in [0.1, 0.15) is 26.2 Å². The Kier molecular flexibility index (Phi) is 1.19. The van der Waals surface area contributed by atoms with Gasteiger partial charge in [-0.05, 0) is 19.3 Å². The monoisotopic (exact) mass is 138 g/mol. The van der Waals surface area contributed by atoms with Crippen molar-refractivity contribution in [1.82, 2.24) is 0 Å². The fourth-order valence-corrected chi connectivity index (χ4v) is 2.18. The van der Waals surface area contributed by atoms with Crippen LogP contribution in [-0.2, 0) is 4.74 Å². The Labute approximate surface area is 62.1 Å². The Morgan fingerprint density at radius 2 is 2.40 bits per heavy atom. The number of hydrogen-bond donors (Lipinski definition) is 0. The summed E-state index contributed by atoms with van der Waals surface area (Å²) in [5, 5.41) is 0. The molecule has 2 heterocycles. The highest BCUT2D eigenvalue weighted by atomic mass is 16.5. The van der Waals surface area contributed by atoms with Gasteiger partial charge in [-0.15, -0.1) is 6.58 Å². The highest BCUT2D eigenvalue weighted by Crippen LogP contribution is 2.47. The Morgan fingerprint density at radius 3 is 2.70 bits per heavy atom. The average molecular weight is 138 g/mol. The minimum atomic E-state index is 0.295. The first-order chi connectivity index (χ1) is 4.74. The maximum absolute atomic E-state index is 5.71. The second-order valence-electron chi connectivity index (χ2n) is 3.74. The first-order valence-corrected chi connectivity index (χ1v) is 4.04. The summed E-state index contributed by atoms with van der Waals surface area (Å²) in [6.45, 7) is 6.11. The zero-order valence-electron chi connectivity index (χ0n) is 6.47. The van der Waals surface area contributed by atoms with E-state index in [0.29, 0.717) is 17.6 Å². The molecular formula is C9H14O.